The molecule has 3 heteroatoms. The van der Waals surface area contributed by atoms with Crippen molar-refractivity contribution in [2.75, 3.05) is 0 Å². The fourth-order valence-electron chi connectivity index (χ4n) is 6.57. The number of hydrogen-bond donors (Lipinski definition) is 0. The first-order chi connectivity index (χ1) is 24.2. The van der Waals surface area contributed by atoms with Crippen LogP contribution in [0.3, 0.4) is 0 Å². The zero-order chi connectivity index (χ0) is 32.6. The lowest BCUT2D eigenvalue weighted by molar-refractivity contribution is 0.669. The van der Waals surface area contributed by atoms with E-state index in [-0.39, 0.29) is 0 Å². The summed E-state index contributed by atoms with van der Waals surface area (Å²) in [5.74, 6) is 0.697. The number of furan rings is 1. The lowest BCUT2D eigenvalue weighted by Crippen LogP contribution is -1.96. The van der Waals surface area contributed by atoms with E-state index in [2.05, 4.69) is 127 Å². The molecular weight excluding hydrogens is 597 g/mol. The second kappa shape index (κ2) is 12.2. The van der Waals surface area contributed by atoms with Crippen LogP contribution in [0.4, 0.5) is 0 Å². The van der Waals surface area contributed by atoms with Gasteiger partial charge in [0.2, 0.25) is 0 Å². The first-order valence-corrected chi connectivity index (χ1v) is 16.5. The molecule has 0 radical (unpaired) electrons. The van der Waals surface area contributed by atoms with Gasteiger partial charge in [0.1, 0.15) is 11.2 Å². The van der Waals surface area contributed by atoms with Crippen molar-refractivity contribution in [1.82, 2.24) is 9.97 Å². The van der Waals surface area contributed by atoms with E-state index in [1.165, 1.54) is 11.1 Å². The highest BCUT2D eigenvalue weighted by Crippen LogP contribution is 2.37. The Hall–Kier alpha value is -6.58. The Labute approximate surface area is 284 Å². The van der Waals surface area contributed by atoms with Crippen molar-refractivity contribution < 1.29 is 4.42 Å². The summed E-state index contributed by atoms with van der Waals surface area (Å²) in [5, 5.41) is 2.22. The van der Waals surface area contributed by atoms with Gasteiger partial charge in [-0.05, 0) is 75.8 Å². The van der Waals surface area contributed by atoms with Gasteiger partial charge in [0.15, 0.2) is 5.82 Å². The molecule has 0 atom stereocenters. The molecule has 0 saturated carbocycles. The molecule has 49 heavy (non-hydrogen) atoms. The van der Waals surface area contributed by atoms with E-state index < -0.39 is 0 Å². The molecule has 9 rings (SSSR count). The number of rotatable bonds is 6. The van der Waals surface area contributed by atoms with Crippen LogP contribution in [0, 0.1) is 0 Å². The molecule has 0 aliphatic carbocycles. The third-order valence-electron chi connectivity index (χ3n) is 9.09. The van der Waals surface area contributed by atoms with Gasteiger partial charge in [-0.1, -0.05) is 140 Å². The monoisotopic (exact) mass is 626 g/mol. The predicted octanol–water partition coefficient (Wildman–Crippen LogP) is 12.4. The van der Waals surface area contributed by atoms with Gasteiger partial charge in [0.25, 0.3) is 0 Å². The maximum Gasteiger partial charge on any atom is 0.160 e. The molecule has 0 aliphatic heterocycles. The van der Waals surface area contributed by atoms with Crippen molar-refractivity contribution >= 4 is 21.9 Å². The minimum Gasteiger partial charge on any atom is -0.456 e. The lowest BCUT2D eigenvalue weighted by atomic mass is 9.93. The zero-order valence-corrected chi connectivity index (χ0v) is 26.6. The highest BCUT2D eigenvalue weighted by molar-refractivity contribution is 6.06. The molecule has 0 aliphatic rings. The maximum atomic E-state index is 6.17. The molecule has 0 unspecified atom stereocenters. The van der Waals surface area contributed by atoms with E-state index in [4.69, 9.17) is 14.4 Å². The largest absolute Gasteiger partial charge is 0.456 e. The Balaban J connectivity index is 1.24. The number of benzene rings is 7. The molecular formula is C46H30N2O. The number of para-hydroxylation sites is 1. The SMILES string of the molecule is c1ccc(-c2ccc(-c3cc(-c4ccc5oc6ccccc6c5c4)cc(-c4cc(-c5ccccc5)nc(-c5ccccc5)n4)c3)cc2)cc1. The van der Waals surface area contributed by atoms with Crippen LogP contribution in [0.15, 0.2) is 186 Å². The van der Waals surface area contributed by atoms with E-state index in [1.54, 1.807) is 0 Å². The van der Waals surface area contributed by atoms with E-state index in [0.717, 1.165) is 72.3 Å². The Morgan fingerprint density at radius 3 is 1.45 bits per heavy atom. The standard InChI is InChI=1S/C46H30N2O/c1-4-12-31(13-5-1)32-20-22-33(23-21-32)37-26-38(36-24-25-45-41(29-36)40-18-10-11-19-44(40)49-45)28-39(27-37)43-30-42(34-14-6-2-7-15-34)47-46(48-43)35-16-8-3-9-17-35/h1-30H. The number of aromatic nitrogens is 2. The van der Waals surface area contributed by atoms with Crippen LogP contribution < -0.4 is 0 Å². The van der Waals surface area contributed by atoms with E-state index in [9.17, 15) is 0 Å². The van der Waals surface area contributed by atoms with Gasteiger partial charge in [-0.3, -0.25) is 0 Å². The zero-order valence-electron chi connectivity index (χ0n) is 26.6. The average molecular weight is 627 g/mol. The summed E-state index contributed by atoms with van der Waals surface area (Å²) in [6.45, 7) is 0. The van der Waals surface area contributed by atoms with Gasteiger partial charge in [-0.2, -0.15) is 0 Å². The minimum atomic E-state index is 0.697. The Kier molecular flexibility index (Phi) is 7.14. The second-order valence-corrected chi connectivity index (χ2v) is 12.2. The normalized spacial score (nSPS) is 11.3. The highest BCUT2D eigenvalue weighted by atomic mass is 16.3. The molecule has 0 fully saturated rings. The molecule has 2 aromatic heterocycles. The van der Waals surface area contributed by atoms with Crippen molar-refractivity contribution in [2.24, 2.45) is 0 Å². The second-order valence-electron chi connectivity index (χ2n) is 12.2. The lowest BCUT2D eigenvalue weighted by Gasteiger charge is -2.14. The highest BCUT2D eigenvalue weighted by Gasteiger charge is 2.15. The summed E-state index contributed by atoms with van der Waals surface area (Å²) >= 11 is 0. The molecule has 0 N–H and O–H groups in total. The van der Waals surface area contributed by atoms with Crippen LogP contribution in [0.1, 0.15) is 0 Å². The van der Waals surface area contributed by atoms with Gasteiger partial charge >= 0.3 is 0 Å². The van der Waals surface area contributed by atoms with Crippen molar-refractivity contribution in [3.05, 3.63) is 182 Å². The van der Waals surface area contributed by atoms with E-state index in [1.807, 2.05) is 54.6 Å². The average Bonchev–Trinajstić information content (AvgIpc) is 3.57. The summed E-state index contributed by atoms with van der Waals surface area (Å²) in [6, 6.07) is 63.4. The molecule has 0 spiro atoms. The summed E-state index contributed by atoms with van der Waals surface area (Å²) in [4.78, 5) is 10.2. The number of hydrogen-bond acceptors (Lipinski definition) is 3. The predicted molar refractivity (Wildman–Crippen MR) is 202 cm³/mol. The summed E-state index contributed by atoms with van der Waals surface area (Å²) in [5.41, 5.74) is 13.4. The Morgan fingerprint density at radius 2 is 0.755 bits per heavy atom. The molecule has 0 bridgehead atoms. The third kappa shape index (κ3) is 5.58. The van der Waals surface area contributed by atoms with Crippen LogP contribution in [0.25, 0.3) is 89.2 Å². The van der Waals surface area contributed by atoms with Gasteiger partial charge in [-0.25, -0.2) is 9.97 Å². The molecule has 230 valence electrons. The first kappa shape index (κ1) is 28.6. The van der Waals surface area contributed by atoms with E-state index >= 15 is 0 Å². The quantitative estimate of drug-likeness (QED) is 0.184. The fraction of sp³-hybridized carbons (Fsp3) is 0. The van der Waals surface area contributed by atoms with Gasteiger partial charge in [0.05, 0.1) is 11.4 Å². The first-order valence-electron chi connectivity index (χ1n) is 16.5. The van der Waals surface area contributed by atoms with Gasteiger partial charge < -0.3 is 4.42 Å². The minimum absolute atomic E-state index is 0.697. The molecule has 0 amide bonds. The smallest absolute Gasteiger partial charge is 0.160 e. The van der Waals surface area contributed by atoms with Crippen LogP contribution in [0.2, 0.25) is 0 Å². The number of fused-ring (bicyclic) bond motifs is 3. The van der Waals surface area contributed by atoms with Crippen molar-refractivity contribution in [3.8, 4) is 67.3 Å². The Morgan fingerprint density at radius 1 is 0.286 bits per heavy atom. The van der Waals surface area contributed by atoms with Crippen molar-refractivity contribution in [3.63, 3.8) is 0 Å². The topological polar surface area (TPSA) is 38.9 Å². The molecule has 9 aromatic rings. The molecule has 3 nitrogen and oxygen atoms in total. The van der Waals surface area contributed by atoms with Gasteiger partial charge in [-0.15, -0.1) is 0 Å². The van der Waals surface area contributed by atoms with E-state index in [0.29, 0.717) is 5.82 Å². The Bertz CT molecular complexity index is 2510. The maximum absolute atomic E-state index is 6.17. The van der Waals surface area contributed by atoms with Crippen molar-refractivity contribution in [1.29, 1.82) is 0 Å². The summed E-state index contributed by atoms with van der Waals surface area (Å²) < 4.78 is 6.17. The van der Waals surface area contributed by atoms with Crippen LogP contribution in [0.5, 0.6) is 0 Å². The summed E-state index contributed by atoms with van der Waals surface area (Å²) in [7, 11) is 0. The molecule has 2 heterocycles. The fourth-order valence-corrected chi connectivity index (χ4v) is 6.57. The van der Waals surface area contributed by atoms with Crippen LogP contribution in [-0.4, -0.2) is 9.97 Å². The van der Waals surface area contributed by atoms with Crippen LogP contribution in [-0.2, 0) is 0 Å². The molecule has 7 aromatic carbocycles. The van der Waals surface area contributed by atoms with Gasteiger partial charge in [0, 0.05) is 27.5 Å². The third-order valence-corrected chi connectivity index (χ3v) is 9.09. The molecule has 0 saturated heterocycles. The number of nitrogens with zero attached hydrogens (tertiary/aromatic N) is 2. The van der Waals surface area contributed by atoms with Crippen LogP contribution >= 0.6 is 0 Å². The van der Waals surface area contributed by atoms with Crippen molar-refractivity contribution in [2.45, 2.75) is 0 Å². The summed E-state index contributed by atoms with van der Waals surface area (Å²) in [6.07, 6.45) is 0.